The first-order valence-corrected chi connectivity index (χ1v) is 6.36. The van der Waals surface area contributed by atoms with Gasteiger partial charge in [0.2, 0.25) is 0 Å². The van der Waals surface area contributed by atoms with Gasteiger partial charge in [-0.05, 0) is 38.7 Å². The van der Waals surface area contributed by atoms with Gasteiger partial charge < -0.3 is 4.74 Å². The molecule has 0 bridgehead atoms. The van der Waals surface area contributed by atoms with Crippen LogP contribution in [-0.4, -0.2) is 11.9 Å². The maximum atomic E-state index is 11.6. The first kappa shape index (κ1) is 12.3. The minimum absolute atomic E-state index is 0.162. The number of aryl methyl sites for hydroxylation is 2. The van der Waals surface area contributed by atoms with Gasteiger partial charge in [-0.3, -0.25) is 4.79 Å². The fraction of sp³-hybridized carbons (Fsp3) is 0.533. The average Bonchev–Trinajstić information content (AvgIpc) is 2.27. The lowest BCUT2D eigenvalue weighted by Gasteiger charge is -2.21. The zero-order chi connectivity index (χ0) is 12.3. The number of ether oxygens (including phenoxy) is 1. The van der Waals surface area contributed by atoms with Gasteiger partial charge in [0.1, 0.15) is 6.10 Å². The number of carbonyl (C=O) groups excluding carboxylic acids is 1. The lowest BCUT2D eigenvalue weighted by atomic mass is 9.96. The van der Waals surface area contributed by atoms with Crippen molar-refractivity contribution in [3.63, 3.8) is 0 Å². The Balaban J connectivity index is 1.94. The Bertz CT molecular complexity index is 389. The third-order valence-electron chi connectivity index (χ3n) is 3.23. The normalized spacial score (nSPS) is 20.6. The van der Waals surface area contributed by atoms with E-state index in [-0.39, 0.29) is 11.9 Å². The summed E-state index contributed by atoms with van der Waals surface area (Å²) in [5.41, 5.74) is 3.66. The molecule has 2 nitrogen and oxygen atoms in total. The van der Waals surface area contributed by atoms with Gasteiger partial charge in [0.05, 0.1) is 6.61 Å². The summed E-state index contributed by atoms with van der Waals surface area (Å²) in [6.45, 7) is 4.73. The summed E-state index contributed by atoms with van der Waals surface area (Å²) in [4.78, 5) is 11.6. The highest BCUT2D eigenvalue weighted by molar-refractivity contribution is 5.83. The van der Waals surface area contributed by atoms with E-state index in [1.165, 1.54) is 16.7 Å². The van der Waals surface area contributed by atoms with Crippen molar-refractivity contribution in [1.29, 1.82) is 0 Å². The summed E-state index contributed by atoms with van der Waals surface area (Å²) in [5.74, 6) is 0.278. The Kier molecular flexibility index (Phi) is 3.95. The van der Waals surface area contributed by atoms with Crippen LogP contribution in [0, 0.1) is 13.8 Å². The van der Waals surface area contributed by atoms with Crippen LogP contribution in [0.15, 0.2) is 18.2 Å². The summed E-state index contributed by atoms with van der Waals surface area (Å²) in [6.07, 6.45) is 3.57. The Morgan fingerprint density at radius 2 is 1.88 bits per heavy atom. The fourth-order valence-corrected chi connectivity index (χ4v) is 2.48. The van der Waals surface area contributed by atoms with E-state index in [0.29, 0.717) is 13.0 Å². The van der Waals surface area contributed by atoms with Crippen LogP contribution < -0.4 is 0 Å². The molecule has 1 aliphatic carbocycles. The van der Waals surface area contributed by atoms with Crippen LogP contribution in [0.25, 0.3) is 0 Å². The molecule has 1 saturated carbocycles. The first-order chi connectivity index (χ1) is 8.15. The number of benzene rings is 1. The smallest absolute Gasteiger partial charge is 0.161 e. The van der Waals surface area contributed by atoms with Crippen molar-refractivity contribution in [3.8, 4) is 0 Å². The molecule has 1 fully saturated rings. The van der Waals surface area contributed by atoms with Gasteiger partial charge in [-0.1, -0.05) is 29.3 Å². The summed E-state index contributed by atoms with van der Waals surface area (Å²) >= 11 is 0. The summed E-state index contributed by atoms with van der Waals surface area (Å²) in [7, 11) is 0. The monoisotopic (exact) mass is 232 g/mol. The predicted molar refractivity (Wildman–Crippen MR) is 68.0 cm³/mol. The third kappa shape index (κ3) is 3.40. The van der Waals surface area contributed by atoms with E-state index in [2.05, 4.69) is 32.0 Å². The zero-order valence-corrected chi connectivity index (χ0v) is 10.7. The van der Waals surface area contributed by atoms with E-state index >= 15 is 0 Å². The number of carbonyl (C=O) groups is 1. The maximum Gasteiger partial charge on any atom is 0.161 e. The minimum atomic E-state index is -0.162. The van der Waals surface area contributed by atoms with Crippen molar-refractivity contribution in [3.05, 3.63) is 34.9 Å². The standard InChI is InChI=1S/C15H20O2/c1-11-7-12(2)9-13(8-11)10-17-15-6-4-3-5-14(15)16/h7-9,15H,3-6,10H2,1-2H3. The van der Waals surface area contributed by atoms with Crippen LogP contribution in [0.4, 0.5) is 0 Å². The van der Waals surface area contributed by atoms with Gasteiger partial charge in [-0.25, -0.2) is 0 Å². The minimum Gasteiger partial charge on any atom is -0.366 e. The van der Waals surface area contributed by atoms with Crippen LogP contribution in [0.3, 0.4) is 0 Å². The molecule has 1 aromatic rings. The number of Topliss-reactive ketones (excluding diaryl/α,β-unsaturated/α-hetero) is 1. The lowest BCUT2D eigenvalue weighted by Crippen LogP contribution is -2.27. The Morgan fingerprint density at radius 3 is 2.53 bits per heavy atom. The largest absolute Gasteiger partial charge is 0.366 e. The number of hydrogen-bond acceptors (Lipinski definition) is 2. The summed E-state index contributed by atoms with van der Waals surface area (Å²) in [6, 6.07) is 6.40. The maximum absolute atomic E-state index is 11.6. The Hall–Kier alpha value is -1.15. The van der Waals surface area contributed by atoms with E-state index in [0.717, 1.165) is 19.3 Å². The van der Waals surface area contributed by atoms with E-state index in [1.807, 2.05) is 0 Å². The third-order valence-corrected chi connectivity index (χ3v) is 3.23. The molecule has 0 aromatic heterocycles. The van der Waals surface area contributed by atoms with Gasteiger partial charge in [0.25, 0.3) is 0 Å². The van der Waals surface area contributed by atoms with Crippen LogP contribution >= 0.6 is 0 Å². The van der Waals surface area contributed by atoms with Crippen LogP contribution in [0.2, 0.25) is 0 Å². The summed E-state index contributed by atoms with van der Waals surface area (Å²) < 4.78 is 5.74. The van der Waals surface area contributed by atoms with Gasteiger partial charge >= 0.3 is 0 Å². The quantitative estimate of drug-likeness (QED) is 0.799. The van der Waals surface area contributed by atoms with E-state index in [4.69, 9.17) is 4.74 Å². The molecule has 17 heavy (non-hydrogen) atoms. The highest BCUT2D eigenvalue weighted by atomic mass is 16.5. The second kappa shape index (κ2) is 5.46. The molecule has 1 unspecified atom stereocenters. The van der Waals surface area contributed by atoms with Crippen LogP contribution in [-0.2, 0) is 16.1 Å². The van der Waals surface area contributed by atoms with E-state index in [1.54, 1.807) is 0 Å². The molecule has 92 valence electrons. The molecule has 1 aromatic carbocycles. The molecule has 0 spiro atoms. The molecule has 2 rings (SSSR count). The zero-order valence-electron chi connectivity index (χ0n) is 10.7. The fourth-order valence-electron chi connectivity index (χ4n) is 2.48. The number of ketones is 1. The lowest BCUT2D eigenvalue weighted by molar-refractivity contribution is -0.134. The van der Waals surface area contributed by atoms with Gasteiger partial charge in [0, 0.05) is 6.42 Å². The molecule has 0 radical (unpaired) electrons. The highest BCUT2D eigenvalue weighted by Gasteiger charge is 2.22. The molecule has 2 heteroatoms. The second-order valence-electron chi connectivity index (χ2n) is 5.01. The molecule has 0 heterocycles. The molecule has 0 N–H and O–H groups in total. The molecule has 0 saturated heterocycles. The van der Waals surface area contributed by atoms with Gasteiger partial charge in [-0.15, -0.1) is 0 Å². The molecule has 0 aliphatic heterocycles. The van der Waals surface area contributed by atoms with Crippen LogP contribution in [0.5, 0.6) is 0 Å². The average molecular weight is 232 g/mol. The van der Waals surface area contributed by atoms with Crippen molar-refractivity contribution in [2.75, 3.05) is 0 Å². The SMILES string of the molecule is Cc1cc(C)cc(COC2CCCCC2=O)c1. The molecular formula is C15H20O2. The Labute approximate surface area is 103 Å². The highest BCUT2D eigenvalue weighted by Crippen LogP contribution is 2.19. The number of rotatable bonds is 3. The van der Waals surface area contributed by atoms with E-state index < -0.39 is 0 Å². The Morgan fingerprint density at radius 1 is 1.18 bits per heavy atom. The number of hydrogen-bond donors (Lipinski definition) is 0. The van der Waals surface area contributed by atoms with Gasteiger partial charge in [0.15, 0.2) is 5.78 Å². The predicted octanol–water partition coefficient (Wildman–Crippen LogP) is 3.33. The van der Waals surface area contributed by atoms with Crippen molar-refractivity contribution in [1.82, 2.24) is 0 Å². The molecule has 0 amide bonds. The van der Waals surface area contributed by atoms with Crippen molar-refractivity contribution in [2.45, 2.75) is 52.2 Å². The molecular weight excluding hydrogens is 212 g/mol. The van der Waals surface area contributed by atoms with Crippen molar-refractivity contribution < 1.29 is 9.53 Å². The first-order valence-electron chi connectivity index (χ1n) is 6.36. The second-order valence-corrected chi connectivity index (χ2v) is 5.01. The molecule has 1 atom stereocenters. The topological polar surface area (TPSA) is 26.3 Å². The van der Waals surface area contributed by atoms with Crippen molar-refractivity contribution in [2.24, 2.45) is 0 Å². The van der Waals surface area contributed by atoms with E-state index in [9.17, 15) is 4.79 Å². The van der Waals surface area contributed by atoms with Crippen molar-refractivity contribution >= 4 is 5.78 Å². The summed E-state index contributed by atoms with van der Waals surface area (Å²) in [5, 5.41) is 0. The van der Waals surface area contributed by atoms with Crippen LogP contribution in [0.1, 0.15) is 42.4 Å². The van der Waals surface area contributed by atoms with Gasteiger partial charge in [-0.2, -0.15) is 0 Å². The molecule has 1 aliphatic rings.